The standard InChI is InChI=1S/C19H21ClN2O/c20-17-8-6-14(7-9-17)10-11-22(13-15-4-5-15)19(23)16-2-1-3-18(21)12-16/h1-3,6-9,12,15H,4-5,10-11,13,21H2. The lowest BCUT2D eigenvalue weighted by molar-refractivity contribution is 0.0749. The van der Waals surface area contributed by atoms with Crippen molar-refractivity contribution in [1.29, 1.82) is 0 Å². The van der Waals surface area contributed by atoms with E-state index in [1.807, 2.05) is 41.3 Å². The van der Waals surface area contributed by atoms with Gasteiger partial charge in [0.25, 0.3) is 5.91 Å². The first-order chi connectivity index (χ1) is 11.1. The van der Waals surface area contributed by atoms with E-state index in [0.717, 1.165) is 18.0 Å². The highest BCUT2D eigenvalue weighted by Gasteiger charge is 2.27. The van der Waals surface area contributed by atoms with Gasteiger partial charge in [0.1, 0.15) is 0 Å². The van der Waals surface area contributed by atoms with Gasteiger partial charge in [-0.2, -0.15) is 0 Å². The Kier molecular flexibility index (Phi) is 4.87. The number of benzene rings is 2. The molecule has 0 aromatic heterocycles. The number of hydrogen-bond acceptors (Lipinski definition) is 2. The van der Waals surface area contributed by atoms with Crippen molar-refractivity contribution in [2.45, 2.75) is 19.3 Å². The van der Waals surface area contributed by atoms with Gasteiger partial charge in [-0.1, -0.05) is 29.8 Å². The molecule has 3 rings (SSSR count). The molecular weight excluding hydrogens is 308 g/mol. The van der Waals surface area contributed by atoms with Crippen molar-refractivity contribution in [3.05, 3.63) is 64.7 Å². The van der Waals surface area contributed by atoms with E-state index < -0.39 is 0 Å². The van der Waals surface area contributed by atoms with E-state index in [1.54, 1.807) is 12.1 Å². The van der Waals surface area contributed by atoms with Crippen LogP contribution < -0.4 is 5.73 Å². The van der Waals surface area contributed by atoms with Crippen molar-refractivity contribution in [2.24, 2.45) is 5.92 Å². The van der Waals surface area contributed by atoms with Gasteiger partial charge in [0, 0.05) is 29.4 Å². The second-order valence-corrected chi connectivity index (χ2v) is 6.63. The largest absolute Gasteiger partial charge is 0.399 e. The minimum absolute atomic E-state index is 0.0677. The Labute approximate surface area is 142 Å². The quantitative estimate of drug-likeness (QED) is 0.814. The fourth-order valence-corrected chi connectivity index (χ4v) is 2.78. The van der Waals surface area contributed by atoms with Crippen molar-refractivity contribution < 1.29 is 4.79 Å². The topological polar surface area (TPSA) is 46.3 Å². The SMILES string of the molecule is Nc1cccc(C(=O)N(CCc2ccc(Cl)cc2)CC2CC2)c1. The van der Waals surface area contributed by atoms with Gasteiger partial charge in [0.05, 0.1) is 0 Å². The predicted octanol–water partition coefficient (Wildman–Crippen LogP) is 4.02. The van der Waals surface area contributed by atoms with Gasteiger partial charge in [0.2, 0.25) is 0 Å². The fraction of sp³-hybridized carbons (Fsp3) is 0.316. The van der Waals surface area contributed by atoms with Gasteiger partial charge >= 0.3 is 0 Å². The molecule has 1 fully saturated rings. The molecule has 0 atom stereocenters. The molecule has 0 bridgehead atoms. The van der Waals surface area contributed by atoms with Gasteiger partial charge in [-0.05, 0) is 61.1 Å². The van der Waals surface area contributed by atoms with Gasteiger partial charge in [-0.3, -0.25) is 4.79 Å². The van der Waals surface area contributed by atoms with Crippen LogP contribution in [0.25, 0.3) is 0 Å². The average Bonchev–Trinajstić information content (AvgIpc) is 3.36. The van der Waals surface area contributed by atoms with E-state index in [9.17, 15) is 4.79 Å². The van der Waals surface area contributed by atoms with Gasteiger partial charge in [0.15, 0.2) is 0 Å². The van der Waals surface area contributed by atoms with Crippen LogP contribution in [0.5, 0.6) is 0 Å². The molecule has 0 aliphatic heterocycles. The maximum atomic E-state index is 12.8. The minimum atomic E-state index is 0.0677. The maximum absolute atomic E-state index is 12.8. The average molecular weight is 329 g/mol. The van der Waals surface area contributed by atoms with Gasteiger partial charge in [-0.25, -0.2) is 0 Å². The number of carbonyl (C=O) groups excluding carboxylic acids is 1. The molecule has 0 spiro atoms. The molecule has 1 saturated carbocycles. The van der Waals surface area contributed by atoms with Crippen molar-refractivity contribution in [3.63, 3.8) is 0 Å². The second kappa shape index (κ2) is 7.05. The highest BCUT2D eigenvalue weighted by molar-refractivity contribution is 6.30. The van der Waals surface area contributed by atoms with Crippen LogP contribution >= 0.6 is 11.6 Å². The fourth-order valence-electron chi connectivity index (χ4n) is 2.66. The molecule has 2 aromatic rings. The summed E-state index contributed by atoms with van der Waals surface area (Å²) in [4.78, 5) is 14.7. The first-order valence-corrected chi connectivity index (χ1v) is 8.39. The van der Waals surface area contributed by atoms with Crippen LogP contribution in [0.2, 0.25) is 5.02 Å². The Morgan fingerprint density at radius 1 is 1.17 bits per heavy atom. The third-order valence-corrected chi connectivity index (χ3v) is 4.43. The predicted molar refractivity (Wildman–Crippen MR) is 94.6 cm³/mol. The zero-order chi connectivity index (χ0) is 16.2. The Bertz CT molecular complexity index is 680. The third kappa shape index (κ3) is 4.49. The van der Waals surface area contributed by atoms with Crippen molar-refractivity contribution >= 4 is 23.2 Å². The second-order valence-electron chi connectivity index (χ2n) is 6.20. The van der Waals surface area contributed by atoms with Crippen LogP contribution in [0, 0.1) is 5.92 Å². The molecule has 120 valence electrons. The van der Waals surface area contributed by atoms with E-state index in [1.165, 1.54) is 18.4 Å². The lowest BCUT2D eigenvalue weighted by Crippen LogP contribution is -2.34. The molecule has 0 saturated heterocycles. The summed E-state index contributed by atoms with van der Waals surface area (Å²) in [6.07, 6.45) is 3.28. The number of nitrogens with zero attached hydrogens (tertiary/aromatic N) is 1. The molecule has 2 aromatic carbocycles. The molecular formula is C19H21ClN2O. The number of hydrogen-bond donors (Lipinski definition) is 1. The van der Waals surface area contributed by atoms with Crippen molar-refractivity contribution in [2.75, 3.05) is 18.8 Å². The molecule has 3 nitrogen and oxygen atoms in total. The third-order valence-electron chi connectivity index (χ3n) is 4.18. The van der Waals surface area contributed by atoms with Gasteiger partial charge in [-0.15, -0.1) is 0 Å². The van der Waals surface area contributed by atoms with E-state index in [2.05, 4.69) is 0 Å². The van der Waals surface area contributed by atoms with Crippen molar-refractivity contribution in [3.8, 4) is 0 Å². The number of halogens is 1. The summed E-state index contributed by atoms with van der Waals surface area (Å²) in [7, 11) is 0. The van der Waals surface area contributed by atoms with Crippen LogP contribution in [0.3, 0.4) is 0 Å². The number of amides is 1. The number of rotatable bonds is 6. The molecule has 0 heterocycles. The lowest BCUT2D eigenvalue weighted by atomic mass is 10.1. The molecule has 1 aliphatic carbocycles. The summed E-state index contributed by atoms with van der Waals surface area (Å²) in [6, 6.07) is 15.0. The summed E-state index contributed by atoms with van der Waals surface area (Å²) < 4.78 is 0. The zero-order valence-electron chi connectivity index (χ0n) is 13.0. The highest BCUT2D eigenvalue weighted by Crippen LogP contribution is 2.30. The Hall–Kier alpha value is -2.00. The lowest BCUT2D eigenvalue weighted by Gasteiger charge is -2.23. The van der Waals surface area contributed by atoms with Crippen molar-refractivity contribution in [1.82, 2.24) is 4.90 Å². The molecule has 23 heavy (non-hydrogen) atoms. The van der Waals surface area contributed by atoms with Crippen LogP contribution in [0.1, 0.15) is 28.8 Å². The van der Waals surface area contributed by atoms with Crippen LogP contribution in [-0.4, -0.2) is 23.9 Å². The molecule has 4 heteroatoms. The first-order valence-electron chi connectivity index (χ1n) is 8.01. The molecule has 1 amide bonds. The van der Waals surface area contributed by atoms with Crippen LogP contribution in [0.15, 0.2) is 48.5 Å². The van der Waals surface area contributed by atoms with Gasteiger partial charge < -0.3 is 10.6 Å². The Morgan fingerprint density at radius 3 is 2.57 bits per heavy atom. The summed E-state index contributed by atoms with van der Waals surface area (Å²) in [5.74, 6) is 0.725. The summed E-state index contributed by atoms with van der Waals surface area (Å²) >= 11 is 5.92. The first kappa shape index (κ1) is 15.9. The Morgan fingerprint density at radius 2 is 1.91 bits per heavy atom. The van der Waals surface area contributed by atoms with E-state index in [-0.39, 0.29) is 5.91 Å². The number of carbonyl (C=O) groups is 1. The molecule has 2 N–H and O–H groups in total. The summed E-state index contributed by atoms with van der Waals surface area (Å²) in [6.45, 7) is 1.55. The van der Waals surface area contributed by atoms with Crippen LogP contribution in [-0.2, 0) is 6.42 Å². The summed E-state index contributed by atoms with van der Waals surface area (Å²) in [5.41, 5.74) is 8.29. The summed E-state index contributed by atoms with van der Waals surface area (Å²) in [5, 5.41) is 0.736. The van der Waals surface area contributed by atoms with E-state index in [0.29, 0.717) is 23.7 Å². The number of nitrogens with two attached hydrogens (primary N) is 1. The molecule has 0 radical (unpaired) electrons. The Balaban J connectivity index is 1.69. The molecule has 1 aliphatic rings. The number of nitrogen functional groups attached to an aromatic ring is 1. The van der Waals surface area contributed by atoms with Crippen LogP contribution in [0.4, 0.5) is 5.69 Å². The minimum Gasteiger partial charge on any atom is -0.399 e. The van der Waals surface area contributed by atoms with E-state index >= 15 is 0 Å². The highest BCUT2D eigenvalue weighted by atomic mass is 35.5. The van der Waals surface area contributed by atoms with E-state index in [4.69, 9.17) is 17.3 Å². The zero-order valence-corrected chi connectivity index (χ0v) is 13.8. The maximum Gasteiger partial charge on any atom is 0.253 e. The molecule has 0 unspecified atom stereocenters. The smallest absolute Gasteiger partial charge is 0.253 e. The normalized spacial score (nSPS) is 13.8. The monoisotopic (exact) mass is 328 g/mol. The number of anilines is 1.